The van der Waals surface area contributed by atoms with E-state index in [0.29, 0.717) is 12.3 Å². The zero-order valence-corrected chi connectivity index (χ0v) is 12.2. The minimum atomic E-state index is -0.367. The van der Waals surface area contributed by atoms with Crippen molar-refractivity contribution in [3.63, 3.8) is 0 Å². The number of primary amides is 1. The van der Waals surface area contributed by atoms with Crippen LogP contribution in [0.5, 0.6) is 0 Å². The lowest BCUT2D eigenvalue weighted by Gasteiger charge is -2.10. The molecule has 19 heavy (non-hydrogen) atoms. The summed E-state index contributed by atoms with van der Waals surface area (Å²) in [6, 6.07) is 5.85. The summed E-state index contributed by atoms with van der Waals surface area (Å²) in [5.74, 6) is -0.298. The summed E-state index contributed by atoms with van der Waals surface area (Å²) >= 11 is 0. The molecule has 0 fully saturated rings. The van der Waals surface area contributed by atoms with Gasteiger partial charge in [0.05, 0.1) is 5.92 Å². The second-order valence-corrected chi connectivity index (χ2v) is 4.76. The monoisotopic (exact) mass is 269 g/mol. The SMILES string of the molecule is CCC(C(N)=O)c1ccc(F)cc1.COCC(C)C. The number of amides is 1. The van der Waals surface area contributed by atoms with E-state index in [-0.39, 0.29) is 17.6 Å². The fourth-order valence-corrected chi connectivity index (χ4v) is 1.63. The molecule has 1 aromatic rings. The molecule has 1 amide bonds. The number of rotatable bonds is 5. The summed E-state index contributed by atoms with van der Waals surface area (Å²) in [5, 5.41) is 0. The number of ether oxygens (including phenoxy) is 1. The third-order valence-electron chi connectivity index (χ3n) is 2.52. The lowest BCUT2D eigenvalue weighted by molar-refractivity contribution is -0.119. The van der Waals surface area contributed by atoms with Crippen molar-refractivity contribution in [2.75, 3.05) is 13.7 Å². The van der Waals surface area contributed by atoms with E-state index in [9.17, 15) is 9.18 Å². The van der Waals surface area contributed by atoms with Crippen LogP contribution in [0.1, 0.15) is 38.7 Å². The number of benzene rings is 1. The van der Waals surface area contributed by atoms with Crippen LogP contribution in [0.3, 0.4) is 0 Å². The second kappa shape index (κ2) is 9.50. The molecular weight excluding hydrogens is 245 g/mol. The number of carbonyl (C=O) groups excluding carboxylic acids is 1. The van der Waals surface area contributed by atoms with Gasteiger partial charge in [0.1, 0.15) is 5.82 Å². The summed E-state index contributed by atoms with van der Waals surface area (Å²) in [5.41, 5.74) is 5.96. The number of halogens is 1. The average Bonchev–Trinajstić information content (AvgIpc) is 2.32. The molecule has 4 heteroatoms. The molecule has 1 aromatic carbocycles. The minimum absolute atomic E-state index is 0.303. The van der Waals surface area contributed by atoms with Crippen LogP contribution in [0.25, 0.3) is 0 Å². The number of hydrogen-bond acceptors (Lipinski definition) is 2. The largest absolute Gasteiger partial charge is 0.384 e. The lowest BCUT2D eigenvalue weighted by Crippen LogP contribution is -2.20. The van der Waals surface area contributed by atoms with Crippen LogP contribution in [0.2, 0.25) is 0 Å². The molecule has 108 valence electrons. The molecule has 0 heterocycles. The number of methoxy groups -OCH3 is 1. The lowest BCUT2D eigenvalue weighted by atomic mass is 9.96. The average molecular weight is 269 g/mol. The minimum Gasteiger partial charge on any atom is -0.384 e. The summed E-state index contributed by atoms with van der Waals surface area (Å²) in [6.45, 7) is 7.01. The van der Waals surface area contributed by atoms with Gasteiger partial charge in [-0.25, -0.2) is 4.39 Å². The first-order chi connectivity index (χ1) is 8.92. The number of hydrogen-bond donors (Lipinski definition) is 1. The fraction of sp³-hybridized carbons (Fsp3) is 0.533. The van der Waals surface area contributed by atoms with Crippen molar-refractivity contribution in [3.8, 4) is 0 Å². The highest BCUT2D eigenvalue weighted by molar-refractivity contribution is 5.81. The zero-order valence-electron chi connectivity index (χ0n) is 12.2. The standard InChI is InChI=1S/C10H12FNO.C5H12O/c1-2-9(10(12)13)7-3-5-8(11)6-4-7;1-5(2)4-6-3/h3-6,9H,2H2,1H3,(H2,12,13);5H,4H2,1-3H3. The molecule has 0 aromatic heterocycles. The summed E-state index contributed by atoms with van der Waals surface area (Å²) in [7, 11) is 1.72. The van der Waals surface area contributed by atoms with E-state index in [4.69, 9.17) is 10.5 Å². The third-order valence-corrected chi connectivity index (χ3v) is 2.52. The molecule has 0 aliphatic rings. The van der Waals surface area contributed by atoms with E-state index in [1.54, 1.807) is 19.2 Å². The van der Waals surface area contributed by atoms with Crippen molar-refractivity contribution in [1.82, 2.24) is 0 Å². The van der Waals surface area contributed by atoms with Crippen LogP contribution in [0.4, 0.5) is 4.39 Å². The van der Waals surface area contributed by atoms with E-state index in [0.717, 1.165) is 12.2 Å². The van der Waals surface area contributed by atoms with Crippen molar-refractivity contribution in [3.05, 3.63) is 35.6 Å². The molecule has 1 rings (SSSR count). The van der Waals surface area contributed by atoms with Crippen LogP contribution in [-0.4, -0.2) is 19.6 Å². The molecule has 0 aliphatic heterocycles. The van der Waals surface area contributed by atoms with E-state index < -0.39 is 0 Å². The highest BCUT2D eigenvalue weighted by atomic mass is 19.1. The molecule has 3 nitrogen and oxygen atoms in total. The molecular formula is C15H24FNO2. The third kappa shape index (κ3) is 7.57. The van der Waals surface area contributed by atoms with Gasteiger partial charge in [0.15, 0.2) is 0 Å². The summed E-state index contributed by atoms with van der Waals surface area (Å²) in [4.78, 5) is 10.9. The van der Waals surface area contributed by atoms with Gasteiger partial charge in [-0.15, -0.1) is 0 Å². The van der Waals surface area contributed by atoms with E-state index in [1.807, 2.05) is 6.92 Å². The first-order valence-electron chi connectivity index (χ1n) is 6.46. The van der Waals surface area contributed by atoms with Gasteiger partial charge in [0.25, 0.3) is 0 Å². The molecule has 0 radical (unpaired) electrons. The first-order valence-corrected chi connectivity index (χ1v) is 6.46. The predicted octanol–water partition coefficient (Wildman–Crippen LogP) is 3.09. The fourth-order valence-electron chi connectivity index (χ4n) is 1.63. The summed E-state index contributed by atoms with van der Waals surface area (Å²) in [6.07, 6.45) is 0.640. The van der Waals surface area contributed by atoms with Crippen molar-refractivity contribution in [2.45, 2.75) is 33.1 Å². The van der Waals surface area contributed by atoms with Crippen molar-refractivity contribution in [1.29, 1.82) is 0 Å². The summed E-state index contributed by atoms with van der Waals surface area (Å²) < 4.78 is 17.3. The van der Waals surface area contributed by atoms with Crippen LogP contribution < -0.4 is 5.73 Å². The van der Waals surface area contributed by atoms with Crippen LogP contribution in [-0.2, 0) is 9.53 Å². The molecule has 2 N–H and O–H groups in total. The van der Waals surface area contributed by atoms with Gasteiger partial charge in [-0.05, 0) is 30.0 Å². The highest BCUT2D eigenvalue weighted by Gasteiger charge is 2.14. The number of carbonyl (C=O) groups is 1. The Balaban J connectivity index is 0.000000459. The zero-order chi connectivity index (χ0) is 14.8. The molecule has 1 unspecified atom stereocenters. The second-order valence-electron chi connectivity index (χ2n) is 4.76. The van der Waals surface area contributed by atoms with Gasteiger partial charge >= 0.3 is 0 Å². The van der Waals surface area contributed by atoms with Crippen molar-refractivity contribution >= 4 is 5.91 Å². The van der Waals surface area contributed by atoms with E-state index in [1.165, 1.54) is 12.1 Å². The van der Waals surface area contributed by atoms with Gasteiger partial charge in [-0.3, -0.25) is 4.79 Å². The van der Waals surface area contributed by atoms with Crippen molar-refractivity contribution < 1.29 is 13.9 Å². The van der Waals surface area contributed by atoms with Gasteiger partial charge < -0.3 is 10.5 Å². The van der Waals surface area contributed by atoms with E-state index in [2.05, 4.69) is 13.8 Å². The van der Waals surface area contributed by atoms with Crippen molar-refractivity contribution in [2.24, 2.45) is 11.7 Å². The predicted molar refractivity (Wildman–Crippen MR) is 75.3 cm³/mol. The normalized spacial score (nSPS) is 11.7. The number of nitrogens with two attached hydrogens (primary N) is 1. The van der Waals surface area contributed by atoms with Gasteiger partial charge in [0, 0.05) is 13.7 Å². The molecule has 0 aliphatic carbocycles. The Labute approximate surface area is 115 Å². The van der Waals surface area contributed by atoms with Crippen LogP contribution >= 0.6 is 0 Å². The Bertz CT molecular complexity index is 363. The van der Waals surface area contributed by atoms with Crippen LogP contribution in [0, 0.1) is 11.7 Å². The first kappa shape index (κ1) is 17.6. The molecule has 0 saturated heterocycles. The highest BCUT2D eigenvalue weighted by Crippen LogP contribution is 2.18. The molecule has 1 atom stereocenters. The van der Waals surface area contributed by atoms with E-state index >= 15 is 0 Å². The Morgan fingerprint density at radius 3 is 2.11 bits per heavy atom. The Kier molecular flexibility index (Phi) is 8.79. The topological polar surface area (TPSA) is 52.3 Å². The molecule has 0 spiro atoms. The maximum Gasteiger partial charge on any atom is 0.224 e. The van der Waals surface area contributed by atoms with Crippen LogP contribution in [0.15, 0.2) is 24.3 Å². The van der Waals surface area contributed by atoms with Gasteiger partial charge in [0.2, 0.25) is 5.91 Å². The smallest absolute Gasteiger partial charge is 0.224 e. The Hall–Kier alpha value is -1.42. The maximum atomic E-state index is 12.5. The Morgan fingerprint density at radius 1 is 1.32 bits per heavy atom. The maximum absolute atomic E-state index is 12.5. The molecule has 0 bridgehead atoms. The Morgan fingerprint density at radius 2 is 1.84 bits per heavy atom. The van der Waals surface area contributed by atoms with Gasteiger partial charge in [-0.2, -0.15) is 0 Å². The quantitative estimate of drug-likeness (QED) is 0.893. The van der Waals surface area contributed by atoms with Gasteiger partial charge in [-0.1, -0.05) is 32.9 Å². The molecule has 0 saturated carbocycles.